The average Bonchev–Trinajstić information content (AvgIpc) is 3.10. The lowest BCUT2D eigenvalue weighted by atomic mass is 10.0. The van der Waals surface area contributed by atoms with E-state index in [1.165, 1.54) is 11.3 Å². The molecule has 0 radical (unpaired) electrons. The summed E-state index contributed by atoms with van der Waals surface area (Å²) in [4.78, 5) is 30.2. The number of amides is 2. The van der Waals surface area contributed by atoms with Crippen molar-refractivity contribution in [3.05, 3.63) is 60.2 Å². The quantitative estimate of drug-likeness (QED) is 0.679. The number of hydrogen-bond donors (Lipinski definition) is 1. The number of aryl methyl sites for hydroxylation is 1. The van der Waals surface area contributed by atoms with Gasteiger partial charge in [-0.3, -0.25) is 14.5 Å². The Hall–Kier alpha value is -2.86. The smallest absolute Gasteiger partial charge is 0.224 e. The highest BCUT2D eigenvalue weighted by Crippen LogP contribution is 2.25. The topological polar surface area (TPSA) is 55.9 Å². The van der Waals surface area contributed by atoms with Crippen LogP contribution in [-0.2, 0) is 16.0 Å². The van der Waals surface area contributed by atoms with Crippen LogP contribution in [0.2, 0.25) is 0 Å². The third-order valence-corrected chi connectivity index (χ3v) is 6.69. The first-order chi connectivity index (χ1) is 15.7. The van der Waals surface area contributed by atoms with Gasteiger partial charge in [0.2, 0.25) is 12.3 Å². The summed E-state index contributed by atoms with van der Waals surface area (Å²) in [6.45, 7) is 5.90. The van der Waals surface area contributed by atoms with Crippen molar-refractivity contribution in [3.8, 4) is 0 Å². The molecule has 2 aliphatic heterocycles. The molecule has 2 saturated heterocycles. The zero-order valence-corrected chi connectivity index (χ0v) is 18.8. The average molecular weight is 435 g/mol. The van der Waals surface area contributed by atoms with E-state index in [1.807, 2.05) is 35.2 Å². The molecule has 4 rings (SSSR count). The molecule has 0 unspecified atom stereocenters. The van der Waals surface area contributed by atoms with Crippen LogP contribution in [-0.4, -0.2) is 67.4 Å². The number of rotatable bonds is 7. The molecule has 0 spiro atoms. The molecule has 2 aliphatic rings. The molecule has 2 amide bonds. The maximum atomic E-state index is 12.3. The first-order valence-electron chi connectivity index (χ1n) is 11.8. The van der Waals surface area contributed by atoms with Gasteiger partial charge in [-0.15, -0.1) is 0 Å². The fourth-order valence-corrected chi connectivity index (χ4v) is 4.80. The van der Waals surface area contributed by atoms with Gasteiger partial charge < -0.3 is 15.1 Å². The number of benzene rings is 2. The molecule has 32 heavy (non-hydrogen) atoms. The van der Waals surface area contributed by atoms with Gasteiger partial charge in [0.25, 0.3) is 0 Å². The lowest BCUT2D eigenvalue weighted by molar-refractivity contribution is -0.118. The van der Waals surface area contributed by atoms with E-state index in [0.717, 1.165) is 77.0 Å². The highest BCUT2D eigenvalue weighted by atomic mass is 16.1. The van der Waals surface area contributed by atoms with Gasteiger partial charge in [0.1, 0.15) is 0 Å². The highest BCUT2D eigenvalue weighted by molar-refractivity contribution is 5.91. The number of nitrogens with zero attached hydrogens (tertiary/aromatic N) is 3. The normalized spacial score (nSPS) is 18.2. The first-order valence-corrected chi connectivity index (χ1v) is 11.8. The summed E-state index contributed by atoms with van der Waals surface area (Å²) in [5, 5.41) is 3.01. The summed E-state index contributed by atoms with van der Waals surface area (Å²) in [7, 11) is 0. The van der Waals surface area contributed by atoms with E-state index in [2.05, 4.69) is 39.4 Å². The Kier molecular flexibility index (Phi) is 7.77. The summed E-state index contributed by atoms with van der Waals surface area (Å²) >= 11 is 0. The minimum absolute atomic E-state index is 0.0491. The van der Waals surface area contributed by atoms with Gasteiger partial charge in [0, 0.05) is 63.1 Å². The number of carbonyl (C=O) groups excluding carboxylic acids is 2. The number of carbonyl (C=O) groups is 2. The maximum Gasteiger partial charge on any atom is 0.224 e. The Morgan fingerprint density at radius 2 is 1.66 bits per heavy atom. The second-order valence-electron chi connectivity index (χ2n) is 8.83. The summed E-state index contributed by atoms with van der Waals surface area (Å²) < 4.78 is 0. The fraction of sp³-hybridized carbons (Fsp3) is 0.462. The third-order valence-electron chi connectivity index (χ3n) is 6.69. The van der Waals surface area contributed by atoms with E-state index in [-0.39, 0.29) is 5.91 Å². The molecule has 0 aromatic heterocycles. The van der Waals surface area contributed by atoms with Crippen LogP contribution in [0.3, 0.4) is 0 Å². The highest BCUT2D eigenvalue weighted by Gasteiger charge is 2.26. The summed E-state index contributed by atoms with van der Waals surface area (Å²) in [6, 6.07) is 19.0. The van der Waals surface area contributed by atoms with Gasteiger partial charge in [-0.25, -0.2) is 0 Å². The van der Waals surface area contributed by atoms with Crippen molar-refractivity contribution in [1.29, 1.82) is 0 Å². The molecule has 2 aromatic carbocycles. The van der Waals surface area contributed by atoms with Crippen molar-refractivity contribution >= 4 is 23.7 Å². The molecule has 0 saturated carbocycles. The second-order valence-corrected chi connectivity index (χ2v) is 8.83. The molecule has 0 bridgehead atoms. The Balaban J connectivity index is 1.22. The van der Waals surface area contributed by atoms with Gasteiger partial charge in [-0.05, 0) is 55.5 Å². The van der Waals surface area contributed by atoms with Crippen molar-refractivity contribution < 1.29 is 9.59 Å². The summed E-state index contributed by atoms with van der Waals surface area (Å²) in [6.07, 6.45) is 5.60. The minimum atomic E-state index is 0.0491. The number of hydrogen-bond acceptors (Lipinski definition) is 4. The van der Waals surface area contributed by atoms with E-state index in [4.69, 9.17) is 0 Å². The van der Waals surface area contributed by atoms with E-state index in [9.17, 15) is 9.59 Å². The zero-order chi connectivity index (χ0) is 22.2. The third kappa shape index (κ3) is 6.10. The largest absolute Gasteiger partial charge is 0.371 e. The molecule has 2 heterocycles. The van der Waals surface area contributed by atoms with Gasteiger partial charge >= 0.3 is 0 Å². The Morgan fingerprint density at radius 3 is 2.38 bits per heavy atom. The SMILES string of the molecule is O=CN1CCCN(C2CCN(c3ccc(NC(=O)CCc4ccccc4)cc3)CC2)CC1. The number of anilines is 2. The lowest BCUT2D eigenvalue weighted by Crippen LogP contribution is -2.46. The van der Waals surface area contributed by atoms with E-state index >= 15 is 0 Å². The van der Waals surface area contributed by atoms with E-state index in [0.29, 0.717) is 12.5 Å². The van der Waals surface area contributed by atoms with Crippen molar-refractivity contribution in [3.63, 3.8) is 0 Å². The van der Waals surface area contributed by atoms with Crippen LogP contribution in [0, 0.1) is 0 Å². The summed E-state index contributed by atoms with van der Waals surface area (Å²) in [5.41, 5.74) is 3.25. The standard InChI is InChI=1S/C26H34N4O2/c31-21-28-15-4-16-29(20-19-28)25-13-17-30(18-14-25)24-10-8-23(9-11-24)27-26(32)12-7-22-5-2-1-3-6-22/h1-3,5-6,8-11,21,25H,4,7,12-20H2,(H,27,32). The predicted molar refractivity (Wildman–Crippen MR) is 129 cm³/mol. The molecule has 0 atom stereocenters. The Labute approximate surface area is 191 Å². The molecule has 1 N–H and O–H groups in total. The number of nitrogens with one attached hydrogen (secondary N) is 1. The van der Waals surface area contributed by atoms with E-state index in [1.54, 1.807) is 0 Å². The molecular formula is C26H34N4O2. The second kappa shape index (κ2) is 11.1. The molecular weight excluding hydrogens is 400 g/mol. The molecule has 6 nitrogen and oxygen atoms in total. The summed E-state index contributed by atoms with van der Waals surface area (Å²) in [5.74, 6) is 0.0491. The van der Waals surface area contributed by atoms with Crippen molar-refractivity contribution in [2.75, 3.05) is 49.5 Å². The molecule has 2 fully saturated rings. The van der Waals surface area contributed by atoms with Crippen LogP contribution in [0.1, 0.15) is 31.2 Å². The van der Waals surface area contributed by atoms with Gasteiger partial charge in [0.15, 0.2) is 0 Å². The van der Waals surface area contributed by atoms with Crippen LogP contribution in [0.15, 0.2) is 54.6 Å². The predicted octanol–water partition coefficient (Wildman–Crippen LogP) is 3.39. The fourth-order valence-electron chi connectivity index (χ4n) is 4.80. The lowest BCUT2D eigenvalue weighted by Gasteiger charge is -2.39. The minimum Gasteiger partial charge on any atom is -0.371 e. The molecule has 170 valence electrons. The molecule has 6 heteroatoms. The van der Waals surface area contributed by atoms with Crippen LogP contribution < -0.4 is 10.2 Å². The van der Waals surface area contributed by atoms with Crippen LogP contribution >= 0.6 is 0 Å². The number of piperidine rings is 1. The Bertz CT molecular complexity index is 863. The van der Waals surface area contributed by atoms with Crippen LogP contribution in [0.5, 0.6) is 0 Å². The molecule has 2 aromatic rings. The Morgan fingerprint density at radius 1 is 0.906 bits per heavy atom. The first kappa shape index (κ1) is 22.3. The zero-order valence-electron chi connectivity index (χ0n) is 18.8. The van der Waals surface area contributed by atoms with Crippen molar-refractivity contribution in [2.24, 2.45) is 0 Å². The van der Waals surface area contributed by atoms with Gasteiger partial charge in [-0.1, -0.05) is 30.3 Å². The molecule has 0 aliphatic carbocycles. The van der Waals surface area contributed by atoms with Crippen LogP contribution in [0.25, 0.3) is 0 Å². The monoisotopic (exact) mass is 434 g/mol. The van der Waals surface area contributed by atoms with Crippen molar-refractivity contribution in [2.45, 2.75) is 38.1 Å². The maximum absolute atomic E-state index is 12.3. The van der Waals surface area contributed by atoms with Crippen LogP contribution in [0.4, 0.5) is 11.4 Å². The van der Waals surface area contributed by atoms with Crippen molar-refractivity contribution in [1.82, 2.24) is 9.80 Å². The van der Waals surface area contributed by atoms with E-state index < -0.39 is 0 Å². The van der Waals surface area contributed by atoms with Gasteiger partial charge in [0.05, 0.1) is 0 Å². The van der Waals surface area contributed by atoms with Gasteiger partial charge in [-0.2, -0.15) is 0 Å².